The Bertz CT molecular complexity index is 490. The molecule has 0 bridgehead atoms. The third-order valence-corrected chi connectivity index (χ3v) is 2.52. The zero-order chi connectivity index (χ0) is 12.1. The zero-order valence-corrected chi connectivity index (χ0v) is 10.1. The zero-order valence-electron chi connectivity index (χ0n) is 9.35. The number of rotatable bonds is 4. The Labute approximate surface area is 105 Å². The molecule has 0 radical (unpaired) electrons. The molecule has 4 nitrogen and oxygen atoms in total. The molecule has 5 heteroatoms. The van der Waals surface area contributed by atoms with Crippen LogP contribution >= 0.6 is 11.6 Å². The number of hydrogen-bond donors (Lipinski definition) is 1. The Morgan fingerprint density at radius 1 is 1.29 bits per heavy atom. The minimum absolute atomic E-state index is 0.559. The number of benzene rings is 1. The van der Waals surface area contributed by atoms with Crippen LogP contribution in [0.4, 0.5) is 5.69 Å². The number of nitrogens with zero attached hydrogens (tertiary/aromatic N) is 2. The van der Waals surface area contributed by atoms with Gasteiger partial charge in [0.2, 0.25) is 0 Å². The quantitative estimate of drug-likeness (QED) is 0.905. The van der Waals surface area contributed by atoms with Gasteiger partial charge in [0, 0.05) is 18.1 Å². The van der Waals surface area contributed by atoms with Crippen molar-refractivity contribution in [1.82, 2.24) is 9.97 Å². The lowest BCUT2D eigenvalue weighted by Gasteiger charge is -2.08. The number of hydrogen-bond acceptors (Lipinski definition) is 4. The highest BCUT2D eigenvalue weighted by Crippen LogP contribution is 2.27. The fourth-order valence-electron chi connectivity index (χ4n) is 1.38. The summed E-state index contributed by atoms with van der Waals surface area (Å²) in [5.41, 5.74) is 0.906. The van der Waals surface area contributed by atoms with Crippen LogP contribution in [0.5, 0.6) is 5.75 Å². The number of nitrogens with one attached hydrogen (secondary N) is 1. The SMILES string of the molecule is COc1ccc(NCc2ncccn2)cc1Cl. The molecule has 0 aliphatic rings. The summed E-state index contributed by atoms with van der Waals surface area (Å²) in [6.07, 6.45) is 3.43. The molecule has 2 rings (SSSR count). The first-order valence-electron chi connectivity index (χ1n) is 5.13. The van der Waals surface area contributed by atoms with E-state index in [0.29, 0.717) is 17.3 Å². The fourth-order valence-corrected chi connectivity index (χ4v) is 1.64. The van der Waals surface area contributed by atoms with Gasteiger partial charge in [0.15, 0.2) is 0 Å². The standard InChI is InChI=1S/C12H12ClN3O/c1-17-11-4-3-9(7-10(11)13)16-8-12-14-5-2-6-15-12/h2-7,16H,8H2,1H3. The van der Waals surface area contributed by atoms with Crippen LogP contribution in [0.25, 0.3) is 0 Å². The van der Waals surface area contributed by atoms with E-state index in [1.807, 2.05) is 18.2 Å². The summed E-state index contributed by atoms with van der Waals surface area (Å²) in [5, 5.41) is 3.76. The molecule has 0 saturated carbocycles. The molecule has 1 heterocycles. The van der Waals surface area contributed by atoms with Crippen molar-refractivity contribution in [2.24, 2.45) is 0 Å². The van der Waals surface area contributed by atoms with Crippen LogP contribution in [-0.2, 0) is 6.54 Å². The fraction of sp³-hybridized carbons (Fsp3) is 0.167. The molecular weight excluding hydrogens is 238 g/mol. The molecule has 88 valence electrons. The van der Waals surface area contributed by atoms with Crippen molar-refractivity contribution in [3.8, 4) is 5.75 Å². The smallest absolute Gasteiger partial charge is 0.147 e. The first-order chi connectivity index (χ1) is 8.29. The first-order valence-corrected chi connectivity index (χ1v) is 5.50. The van der Waals surface area contributed by atoms with Crippen LogP contribution in [0, 0.1) is 0 Å². The Kier molecular flexibility index (Phi) is 3.77. The summed E-state index contributed by atoms with van der Waals surface area (Å²) in [5.74, 6) is 1.40. The van der Waals surface area contributed by atoms with Crippen LogP contribution < -0.4 is 10.1 Å². The van der Waals surface area contributed by atoms with Gasteiger partial charge < -0.3 is 10.1 Å². The van der Waals surface area contributed by atoms with Crippen molar-refractivity contribution < 1.29 is 4.74 Å². The predicted octanol–water partition coefficient (Wildman–Crippen LogP) is 2.75. The first kappa shape index (κ1) is 11.7. The molecule has 0 aliphatic carbocycles. The number of anilines is 1. The summed E-state index contributed by atoms with van der Waals surface area (Å²) in [7, 11) is 1.59. The van der Waals surface area contributed by atoms with Crippen LogP contribution in [0.2, 0.25) is 5.02 Å². The summed E-state index contributed by atoms with van der Waals surface area (Å²) in [6.45, 7) is 0.559. The van der Waals surface area contributed by atoms with E-state index in [9.17, 15) is 0 Å². The molecular formula is C12H12ClN3O. The molecule has 0 amide bonds. The molecule has 1 aromatic carbocycles. The normalized spacial score (nSPS) is 10.0. The molecule has 0 spiro atoms. The maximum absolute atomic E-state index is 6.02. The monoisotopic (exact) mass is 249 g/mol. The minimum atomic E-state index is 0.559. The van der Waals surface area contributed by atoms with Gasteiger partial charge in [-0.25, -0.2) is 9.97 Å². The maximum atomic E-state index is 6.02. The average molecular weight is 250 g/mol. The number of methoxy groups -OCH3 is 1. The summed E-state index contributed by atoms with van der Waals surface area (Å²) >= 11 is 6.02. The molecule has 0 fully saturated rings. The van der Waals surface area contributed by atoms with Crippen molar-refractivity contribution in [2.45, 2.75) is 6.54 Å². The third-order valence-electron chi connectivity index (χ3n) is 2.22. The molecule has 1 N–H and O–H groups in total. The van der Waals surface area contributed by atoms with Crippen LogP contribution in [0.1, 0.15) is 5.82 Å². The van der Waals surface area contributed by atoms with Crippen molar-refractivity contribution in [1.29, 1.82) is 0 Å². The summed E-state index contributed by atoms with van der Waals surface area (Å²) < 4.78 is 5.08. The minimum Gasteiger partial charge on any atom is -0.495 e. The Hall–Kier alpha value is -1.81. The number of halogens is 1. The van der Waals surface area contributed by atoms with Gasteiger partial charge in [-0.1, -0.05) is 11.6 Å². The van der Waals surface area contributed by atoms with Crippen molar-refractivity contribution in [3.05, 3.63) is 47.5 Å². The van der Waals surface area contributed by atoms with Gasteiger partial charge in [-0.2, -0.15) is 0 Å². The van der Waals surface area contributed by atoms with Gasteiger partial charge in [-0.3, -0.25) is 0 Å². The number of aromatic nitrogens is 2. The third kappa shape index (κ3) is 3.07. The van der Waals surface area contributed by atoms with E-state index < -0.39 is 0 Å². The largest absolute Gasteiger partial charge is 0.495 e. The second-order valence-electron chi connectivity index (χ2n) is 3.37. The van der Waals surface area contributed by atoms with Crippen molar-refractivity contribution in [3.63, 3.8) is 0 Å². The highest BCUT2D eigenvalue weighted by Gasteiger charge is 2.01. The van der Waals surface area contributed by atoms with E-state index in [-0.39, 0.29) is 0 Å². The maximum Gasteiger partial charge on any atom is 0.147 e. The van der Waals surface area contributed by atoms with Gasteiger partial charge in [0.05, 0.1) is 18.7 Å². The van der Waals surface area contributed by atoms with Crippen LogP contribution in [0.3, 0.4) is 0 Å². The van der Waals surface area contributed by atoms with E-state index in [4.69, 9.17) is 16.3 Å². The lowest BCUT2D eigenvalue weighted by atomic mass is 10.3. The van der Waals surface area contributed by atoms with E-state index in [1.165, 1.54) is 0 Å². The lowest BCUT2D eigenvalue weighted by Crippen LogP contribution is -2.03. The van der Waals surface area contributed by atoms with E-state index >= 15 is 0 Å². The molecule has 0 saturated heterocycles. The van der Waals surface area contributed by atoms with Gasteiger partial charge in [0.1, 0.15) is 11.6 Å². The van der Waals surface area contributed by atoms with Gasteiger partial charge in [0.25, 0.3) is 0 Å². The molecule has 0 unspecified atom stereocenters. The van der Waals surface area contributed by atoms with Crippen LogP contribution in [0.15, 0.2) is 36.7 Å². The average Bonchev–Trinajstić information content (AvgIpc) is 2.38. The van der Waals surface area contributed by atoms with Crippen molar-refractivity contribution >= 4 is 17.3 Å². The second-order valence-corrected chi connectivity index (χ2v) is 3.78. The molecule has 1 aromatic heterocycles. The number of ether oxygens (including phenoxy) is 1. The van der Waals surface area contributed by atoms with Gasteiger partial charge >= 0.3 is 0 Å². The summed E-state index contributed by atoms with van der Waals surface area (Å²) in [6, 6.07) is 7.31. The second kappa shape index (κ2) is 5.50. The van der Waals surface area contributed by atoms with E-state index in [1.54, 1.807) is 25.6 Å². The van der Waals surface area contributed by atoms with Crippen LogP contribution in [-0.4, -0.2) is 17.1 Å². The van der Waals surface area contributed by atoms with Gasteiger partial charge in [-0.05, 0) is 24.3 Å². The Morgan fingerprint density at radius 2 is 2.06 bits per heavy atom. The highest BCUT2D eigenvalue weighted by atomic mass is 35.5. The molecule has 2 aromatic rings. The lowest BCUT2D eigenvalue weighted by molar-refractivity contribution is 0.415. The molecule has 0 aliphatic heterocycles. The molecule has 0 atom stereocenters. The predicted molar refractivity (Wildman–Crippen MR) is 67.4 cm³/mol. The van der Waals surface area contributed by atoms with Gasteiger partial charge in [-0.15, -0.1) is 0 Å². The van der Waals surface area contributed by atoms with E-state index in [0.717, 1.165) is 11.5 Å². The topological polar surface area (TPSA) is 47.0 Å². The molecule has 17 heavy (non-hydrogen) atoms. The Morgan fingerprint density at radius 3 is 2.71 bits per heavy atom. The van der Waals surface area contributed by atoms with E-state index in [2.05, 4.69) is 15.3 Å². The van der Waals surface area contributed by atoms with Crippen molar-refractivity contribution in [2.75, 3.05) is 12.4 Å². The highest BCUT2D eigenvalue weighted by molar-refractivity contribution is 6.32. The Balaban J connectivity index is 2.02. The summed E-state index contributed by atoms with van der Waals surface area (Å²) in [4.78, 5) is 8.24.